The first kappa shape index (κ1) is 16.9. The quantitative estimate of drug-likeness (QED) is 0.782. The molecule has 5 nitrogen and oxygen atoms in total. The normalized spacial score (nSPS) is 30.0. The molecule has 1 aliphatic carbocycles. The summed E-state index contributed by atoms with van der Waals surface area (Å²) in [5, 5.41) is 0. The zero-order valence-corrected chi connectivity index (χ0v) is 14.2. The van der Waals surface area contributed by atoms with Crippen molar-refractivity contribution >= 4 is 15.8 Å². The Morgan fingerprint density at radius 3 is 2.33 bits per heavy atom. The van der Waals surface area contributed by atoms with Gasteiger partial charge in [0.05, 0.1) is 6.26 Å². The molecule has 0 radical (unpaired) electrons. The molecule has 2 fully saturated rings. The van der Waals surface area contributed by atoms with Crippen LogP contribution in [0.5, 0.6) is 0 Å². The average Bonchev–Trinajstić information content (AvgIpc) is 2.40. The van der Waals surface area contributed by atoms with Crippen molar-refractivity contribution in [2.24, 2.45) is 17.8 Å². The van der Waals surface area contributed by atoms with Crippen LogP contribution in [0, 0.1) is 17.8 Å². The van der Waals surface area contributed by atoms with Crippen molar-refractivity contribution in [3.63, 3.8) is 0 Å². The van der Waals surface area contributed by atoms with Crippen molar-refractivity contribution in [2.75, 3.05) is 39.0 Å². The molecule has 0 aromatic carbocycles. The predicted molar refractivity (Wildman–Crippen MR) is 83.5 cm³/mol. The SMILES string of the molecule is CC(C)C1CCC(=O)C(CN2CCN(S(C)(=O)=O)CC2)C1. The molecule has 0 amide bonds. The molecule has 0 bridgehead atoms. The van der Waals surface area contributed by atoms with Gasteiger partial charge >= 0.3 is 0 Å². The Labute approximate surface area is 128 Å². The third kappa shape index (κ3) is 4.50. The molecule has 0 N–H and O–H groups in total. The first-order valence-electron chi connectivity index (χ1n) is 7.97. The Hall–Kier alpha value is -0.460. The number of rotatable bonds is 4. The van der Waals surface area contributed by atoms with Crippen molar-refractivity contribution in [3.8, 4) is 0 Å². The molecule has 1 aliphatic heterocycles. The summed E-state index contributed by atoms with van der Waals surface area (Å²) in [6.45, 7) is 7.86. The summed E-state index contributed by atoms with van der Waals surface area (Å²) < 4.78 is 24.5. The Balaban J connectivity index is 1.86. The summed E-state index contributed by atoms with van der Waals surface area (Å²) >= 11 is 0. The van der Waals surface area contributed by atoms with E-state index in [1.54, 1.807) is 0 Å². The number of Topliss-reactive ketones (excluding diaryl/α,β-unsaturated/α-hetero) is 1. The van der Waals surface area contributed by atoms with Crippen LogP contribution in [-0.4, -0.2) is 62.4 Å². The molecule has 2 unspecified atom stereocenters. The molecule has 2 aliphatic rings. The molecule has 6 heteroatoms. The van der Waals surface area contributed by atoms with Gasteiger partial charge in [0.15, 0.2) is 0 Å². The van der Waals surface area contributed by atoms with Crippen molar-refractivity contribution in [1.29, 1.82) is 0 Å². The average molecular weight is 316 g/mol. The minimum Gasteiger partial charge on any atom is -0.300 e. The standard InChI is InChI=1S/C15H28N2O3S/c1-12(2)13-4-5-15(18)14(10-13)11-16-6-8-17(9-7-16)21(3,19)20/h12-14H,4-11H2,1-3H3. The smallest absolute Gasteiger partial charge is 0.211 e. The predicted octanol–water partition coefficient (Wildman–Crippen LogP) is 1.21. The van der Waals surface area contributed by atoms with Crippen LogP contribution in [0.2, 0.25) is 0 Å². The van der Waals surface area contributed by atoms with Gasteiger partial charge in [-0.25, -0.2) is 8.42 Å². The fraction of sp³-hybridized carbons (Fsp3) is 0.933. The fourth-order valence-corrected chi connectivity index (χ4v) is 4.31. The monoisotopic (exact) mass is 316 g/mol. The number of piperazine rings is 1. The zero-order chi connectivity index (χ0) is 15.6. The summed E-state index contributed by atoms with van der Waals surface area (Å²) in [7, 11) is -3.07. The van der Waals surface area contributed by atoms with E-state index in [0.717, 1.165) is 38.9 Å². The molecule has 2 atom stereocenters. The van der Waals surface area contributed by atoms with Crippen molar-refractivity contribution in [1.82, 2.24) is 9.21 Å². The molecule has 1 saturated carbocycles. The van der Waals surface area contributed by atoms with Crippen LogP contribution in [0.3, 0.4) is 0 Å². The van der Waals surface area contributed by atoms with E-state index in [1.807, 2.05) is 0 Å². The lowest BCUT2D eigenvalue weighted by Gasteiger charge is -2.37. The minimum absolute atomic E-state index is 0.149. The third-order valence-electron chi connectivity index (χ3n) is 5.03. The number of hydrogen-bond acceptors (Lipinski definition) is 4. The second-order valence-electron chi connectivity index (χ2n) is 6.90. The lowest BCUT2D eigenvalue weighted by atomic mass is 9.75. The molecule has 0 aromatic heterocycles. The first-order chi connectivity index (χ1) is 9.77. The number of carbonyl (C=O) groups excluding carboxylic acids is 1. The molecular formula is C15H28N2O3S. The van der Waals surface area contributed by atoms with Gasteiger partial charge in [0.1, 0.15) is 5.78 Å². The van der Waals surface area contributed by atoms with E-state index >= 15 is 0 Å². The lowest BCUT2D eigenvalue weighted by molar-refractivity contribution is -0.126. The number of ketones is 1. The summed E-state index contributed by atoms with van der Waals surface area (Å²) in [4.78, 5) is 14.4. The van der Waals surface area contributed by atoms with Gasteiger partial charge in [-0.2, -0.15) is 4.31 Å². The van der Waals surface area contributed by atoms with Crippen LogP contribution in [-0.2, 0) is 14.8 Å². The van der Waals surface area contributed by atoms with Gasteiger partial charge in [-0.05, 0) is 24.7 Å². The summed E-state index contributed by atoms with van der Waals surface area (Å²) in [5.41, 5.74) is 0. The highest BCUT2D eigenvalue weighted by Gasteiger charge is 2.32. The van der Waals surface area contributed by atoms with Gasteiger partial charge in [-0.3, -0.25) is 9.69 Å². The number of nitrogens with zero attached hydrogens (tertiary/aromatic N) is 2. The van der Waals surface area contributed by atoms with E-state index in [9.17, 15) is 13.2 Å². The van der Waals surface area contributed by atoms with Crippen LogP contribution in [0.15, 0.2) is 0 Å². The highest BCUT2D eigenvalue weighted by atomic mass is 32.2. The van der Waals surface area contributed by atoms with Crippen LogP contribution in [0.4, 0.5) is 0 Å². The molecule has 122 valence electrons. The van der Waals surface area contributed by atoms with Crippen molar-refractivity contribution in [2.45, 2.75) is 33.1 Å². The second-order valence-corrected chi connectivity index (χ2v) is 8.89. The van der Waals surface area contributed by atoms with E-state index in [4.69, 9.17) is 0 Å². The molecule has 0 spiro atoms. The maximum Gasteiger partial charge on any atom is 0.211 e. The molecule has 0 aromatic rings. The lowest BCUT2D eigenvalue weighted by Crippen LogP contribution is -2.50. The Bertz CT molecular complexity index is 467. The van der Waals surface area contributed by atoms with E-state index in [-0.39, 0.29) is 5.92 Å². The van der Waals surface area contributed by atoms with Crippen molar-refractivity contribution < 1.29 is 13.2 Å². The van der Waals surface area contributed by atoms with Crippen LogP contribution in [0.25, 0.3) is 0 Å². The maximum atomic E-state index is 12.1. The molecule has 1 heterocycles. The number of hydrogen-bond donors (Lipinski definition) is 0. The summed E-state index contributed by atoms with van der Waals surface area (Å²) in [5.74, 6) is 1.85. The topological polar surface area (TPSA) is 57.7 Å². The Kier molecular flexibility index (Phi) is 5.43. The van der Waals surface area contributed by atoms with E-state index in [1.165, 1.54) is 10.6 Å². The zero-order valence-electron chi connectivity index (χ0n) is 13.4. The van der Waals surface area contributed by atoms with Crippen molar-refractivity contribution in [3.05, 3.63) is 0 Å². The first-order valence-corrected chi connectivity index (χ1v) is 9.82. The molecule has 21 heavy (non-hydrogen) atoms. The Morgan fingerprint density at radius 1 is 1.19 bits per heavy atom. The maximum absolute atomic E-state index is 12.1. The van der Waals surface area contributed by atoms with E-state index < -0.39 is 10.0 Å². The third-order valence-corrected chi connectivity index (χ3v) is 6.33. The van der Waals surface area contributed by atoms with Crippen LogP contribution >= 0.6 is 0 Å². The number of sulfonamides is 1. The molecule has 2 rings (SSSR count). The van der Waals surface area contributed by atoms with E-state index in [0.29, 0.717) is 30.7 Å². The molecular weight excluding hydrogens is 288 g/mol. The molecule has 1 saturated heterocycles. The second kappa shape index (κ2) is 6.75. The van der Waals surface area contributed by atoms with Gasteiger partial charge in [-0.15, -0.1) is 0 Å². The van der Waals surface area contributed by atoms with Gasteiger partial charge in [-0.1, -0.05) is 13.8 Å². The number of carbonyl (C=O) groups is 1. The highest BCUT2D eigenvalue weighted by molar-refractivity contribution is 7.88. The van der Waals surface area contributed by atoms with Gasteiger partial charge < -0.3 is 0 Å². The summed E-state index contributed by atoms with van der Waals surface area (Å²) in [6.07, 6.45) is 4.02. The van der Waals surface area contributed by atoms with E-state index in [2.05, 4.69) is 18.7 Å². The minimum atomic E-state index is -3.07. The largest absolute Gasteiger partial charge is 0.300 e. The van der Waals surface area contributed by atoms with Gasteiger partial charge in [0.2, 0.25) is 10.0 Å². The van der Waals surface area contributed by atoms with Crippen LogP contribution in [0.1, 0.15) is 33.1 Å². The van der Waals surface area contributed by atoms with Gasteiger partial charge in [0.25, 0.3) is 0 Å². The fourth-order valence-electron chi connectivity index (χ4n) is 3.48. The highest BCUT2D eigenvalue weighted by Crippen LogP contribution is 2.32. The van der Waals surface area contributed by atoms with Gasteiger partial charge in [0, 0.05) is 45.1 Å². The Morgan fingerprint density at radius 2 is 1.81 bits per heavy atom. The van der Waals surface area contributed by atoms with Crippen LogP contribution < -0.4 is 0 Å². The summed E-state index contributed by atoms with van der Waals surface area (Å²) in [6, 6.07) is 0.